The SMILES string of the molecule is CCN1CCN(CCCC(=O)c2cccs2)C(=O)C1=O. The van der Waals surface area contributed by atoms with E-state index in [4.69, 9.17) is 0 Å². The van der Waals surface area contributed by atoms with Crippen molar-refractivity contribution in [3.05, 3.63) is 22.4 Å². The Kier molecular flexibility index (Phi) is 4.89. The standard InChI is InChI=1S/C14H18N2O3S/c1-2-15-8-9-16(14(19)13(15)18)7-3-5-11(17)12-6-4-10-20-12/h4,6,10H,2-3,5,7-9H2,1H3. The van der Waals surface area contributed by atoms with Gasteiger partial charge in [0.15, 0.2) is 5.78 Å². The molecule has 108 valence electrons. The lowest BCUT2D eigenvalue weighted by molar-refractivity contribution is -0.155. The molecule has 6 heteroatoms. The molecule has 0 aliphatic carbocycles. The first-order chi connectivity index (χ1) is 9.63. The largest absolute Gasteiger partial charge is 0.333 e. The molecular formula is C14H18N2O3S. The molecule has 2 rings (SSSR count). The number of nitrogens with zero attached hydrogens (tertiary/aromatic N) is 2. The molecule has 2 amide bonds. The molecule has 0 atom stereocenters. The van der Waals surface area contributed by atoms with Crippen LogP contribution in [0.4, 0.5) is 0 Å². The van der Waals surface area contributed by atoms with Crippen LogP contribution in [-0.2, 0) is 9.59 Å². The van der Waals surface area contributed by atoms with Crippen molar-refractivity contribution in [1.82, 2.24) is 9.80 Å². The topological polar surface area (TPSA) is 57.7 Å². The Balaban J connectivity index is 1.79. The predicted octanol–water partition coefficient (Wildman–Crippen LogP) is 1.40. The van der Waals surface area contributed by atoms with Gasteiger partial charge in [0.1, 0.15) is 0 Å². The number of carbonyl (C=O) groups is 3. The molecule has 0 radical (unpaired) electrons. The number of thiophene rings is 1. The number of piperazine rings is 1. The Labute approximate surface area is 122 Å². The maximum Gasteiger partial charge on any atom is 0.312 e. The van der Waals surface area contributed by atoms with Crippen molar-refractivity contribution >= 4 is 28.9 Å². The molecule has 1 fully saturated rings. The Bertz CT molecular complexity index is 499. The first-order valence-electron chi connectivity index (χ1n) is 6.78. The van der Waals surface area contributed by atoms with E-state index in [1.165, 1.54) is 11.3 Å². The minimum Gasteiger partial charge on any atom is -0.333 e. The molecule has 0 spiro atoms. The summed E-state index contributed by atoms with van der Waals surface area (Å²) in [6, 6.07) is 3.66. The Morgan fingerprint density at radius 1 is 1.25 bits per heavy atom. The van der Waals surface area contributed by atoms with Crippen LogP contribution in [0.3, 0.4) is 0 Å². The lowest BCUT2D eigenvalue weighted by atomic mass is 10.1. The summed E-state index contributed by atoms with van der Waals surface area (Å²) in [6.07, 6.45) is 1.01. The highest BCUT2D eigenvalue weighted by Gasteiger charge is 2.31. The first kappa shape index (κ1) is 14.7. The van der Waals surface area contributed by atoms with Crippen molar-refractivity contribution in [2.45, 2.75) is 19.8 Å². The highest BCUT2D eigenvalue weighted by molar-refractivity contribution is 7.12. The van der Waals surface area contributed by atoms with E-state index >= 15 is 0 Å². The summed E-state index contributed by atoms with van der Waals surface area (Å²) in [5, 5.41) is 1.87. The van der Waals surface area contributed by atoms with Crippen LogP contribution >= 0.6 is 11.3 Å². The van der Waals surface area contributed by atoms with Crippen LogP contribution in [0, 0.1) is 0 Å². The van der Waals surface area contributed by atoms with Crippen LogP contribution in [0.1, 0.15) is 29.4 Å². The van der Waals surface area contributed by atoms with E-state index in [9.17, 15) is 14.4 Å². The molecule has 0 aromatic carbocycles. The monoisotopic (exact) mass is 294 g/mol. The van der Waals surface area contributed by atoms with E-state index in [0.29, 0.717) is 39.0 Å². The Morgan fingerprint density at radius 3 is 2.60 bits per heavy atom. The molecule has 20 heavy (non-hydrogen) atoms. The van der Waals surface area contributed by atoms with Crippen molar-refractivity contribution in [2.75, 3.05) is 26.2 Å². The highest BCUT2D eigenvalue weighted by Crippen LogP contribution is 2.13. The van der Waals surface area contributed by atoms with Gasteiger partial charge in [-0.3, -0.25) is 14.4 Å². The maximum absolute atomic E-state index is 11.9. The van der Waals surface area contributed by atoms with Crippen molar-refractivity contribution in [3.8, 4) is 0 Å². The normalized spacial score (nSPS) is 15.8. The fraction of sp³-hybridized carbons (Fsp3) is 0.500. The second-order valence-corrected chi connectivity index (χ2v) is 5.63. The van der Waals surface area contributed by atoms with Crippen molar-refractivity contribution < 1.29 is 14.4 Å². The van der Waals surface area contributed by atoms with E-state index in [1.54, 1.807) is 9.80 Å². The van der Waals surface area contributed by atoms with Crippen LogP contribution in [0.25, 0.3) is 0 Å². The lowest BCUT2D eigenvalue weighted by Crippen LogP contribution is -2.54. The van der Waals surface area contributed by atoms with Crippen molar-refractivity contribution in [2.24, 2.45) is 0 Å². The molecule has 1 aromatic rings. The van der Waals surface area contributed by atoms with E-state index in [1.807, 2.05) is 24.4 Å². The second-order valence-electron chi connectivity index (χ2n) is 4.68. The van der Waals surface area contributed by atoms with E-state index in [-0.39, 0.29) is 5.78 Å². The molecule has 1 aliphatic rings. The van der Waals surface area contributed by atoms with Crippen LogP contribution in [0.15, 0.2) is 17.5 Å². The Hall–Kier alpha value is -1.69. The average Bonchev–Trinajstić information content (AvgIpc) is 2.98. The number of hydrogen-bond acceptors (Lipinski definition) is 4. The molecule has 1 saturated heterocycles. The van der Waals surface area contributed by atoms with Gasteiger partial charge in [-0.1, -0.05) is 6.07 Å². The quantitative estimate of drug-likeness (QED) is 0.588. The number of amides is 2. The second kappa shape index (κ2) is 6.65. The average molecular weight is 294 g/mol. The third-order valence-electron chi connectivity index (χ3n) is 3.41. The fourth-order valence-corrected chi connectivity index (χ4v) is 2.92. The molecule has 0 bridgehead atoms. The summed E-state index contributed by atoms with van der Waals surface area (Å²) in [7, 11) is 0. The zero-order chi connectivity index (χ0) is 14.5. The van der Waals surface area contributed by atoms with Gasteiger partial charge in [-0.05, 0) is 24.8 Å². The van der Waals surface area contributed by atoms with Crippen LogP contribution < -0.4 is 0 Å². The third kappa shape index (κ3) is 3.25. The zero-order valence-corrected chi connectivity index (χ0v) is 12.3. The van der Waals surface area contributed by atoms with Crippen LogP contribution in [0.2, 0.25) is 0 Å². The van der Waals surface area contributed by atoms with Gasteiger partial charge in [0.25, 0.3) is 0 Å². The minimum absolute atomic E-state index is 0.103. The lowest BCUT2D eigenvalue weighted by Gasteiger charge is -2.33. The third-order valence-corrected chi connectivity index (χ3v) is 4.32. The number of Topliss-reactive ketones (excluding diaryl/α,β-unsaturated/α-hetero) is 1. The molecule has 5 nitrogen and oxygen atoms in total. The molecule has 0 saturated carbocycles. The predicted molar refractivity (Wildman–Crippen MR) is 76.7 cm³/mol. The first-order valence-corrected chi connectivity index (χ1v) is 7.66. The van der Waals surface area contributed by atoms with E-state index < -0.39 is 11.8 Å². The van der Waals surface area contributed by atoms with Gasteiger partial charge in [-0.15, -0.1) is 11.3 Å². The summed E-state index contributed by atoms with van der Waals surface area (Å²) in [5.74, 6) is -0.768. The maximum atomic E-state index is 11.9. The van der Waals surface area contributed by atoms with Crippen LogP contribution in [-0.4, -0.2) is 53.6 Å². The van der Waals surface area contributed by atoms with Gasteiger partial charge < -0.3 is 9.80 Å². The Morgan fingerprint density at radius 2 is 1.95 bits per heavy atom. The molecular weight excluding hydrogens is 276 g/mol. The van der Waals surface area contributed by atoms with E-state index in [0.717, 1.165) is 4.88 Å². The van der Waals surface area contributed by atoms with Gasteiger partial charge in [0.2, 0.25) is 0 Å². The van der Waals surface area contributed by atoms with Gasteiger partial charge in [0.05, 0.1) is 4.88 Å². The van der Waals surface area contributed by atoms with E-state index in [2.05, 4.69) is 0 Å². The zero-order valence-electron chi connectivity index (χ0n) is 11.5. The summed E-state index contributed by atoms with van der Waals surface area (Å²) < 4.78 is 0. The number of rotatable bonds is 6. The number of ketones is 1. The summed E-state index contributed by atoms with van der Waals surface area (Å²) in [6.45, 7) is 4.04. The summed E-state index contributed by atoms with van der Waals surface area (Å²) in [4.78, 5) is 39.3. The summed E-state index contributed by atoms with van der Waals surface area (Å²) >= 11 is 1.43. The van der Waals surface area contributed by atoms with Gasteiger partial charge in [0, 0.05) is 32.6 Å². The number of carbonyl (C=O) groups excluding carboxylic acids is 3. The summed E-state index contributed by atoms with van der Waals surface area (Å²) in [5.41, 5.74) is 0. The fourth-order valence-electron chi connectivity index (χ4n) is 2.22. The number of hydrogen-bond donors (Lipinski definition) is 0. The molecule has 1 aliphatic heterocycles. The van der Waals surface area contributed by atoms with Crippen LogP contribution in [0.5, 0.6) is 0 Å². The van der Waals surface area contributed by atoms with Gasteiger partial charge in [-0.25, -0.2) is 0 Å². The number of likely N-dealkylation sites (N-methyl/N-ethyl adjacent to an activating group) is 1. The van der Waals surface area contributed by atoms with Gasteiger partial charge >= 0.3 is 11.8 Å². The van der Waals surface area contributed by atoms with Gasteiger partial charge in [-0.2, -0.15) is 0 Å². The van der Waals surface area contributed by atoms with Crippen molar-refractivity contribution in [3.63, 3.8) is 0 Å². The minimum atomic E-state index is -0.443. The molecule has 0 N–H and O–H groups in total. The van der Waals surface area contributed by atoms with Crippen molar-refractivity contribution in [1.29, 1.82) is 0 Å². The molecule has 0 unspecified atom stereocenters. The molecule has 1 aromatic heterocycles. The molecule has 2 heterocycles. The highest BCUT2D eigenvalue weighted by atomic mass is 32.1. The smallest absolute Gasteiger partial charge is 0.312 e.